The normalized spacial score (nSPS) is 13.9. The van der Waals surface area contributed by atoms with Crippen LogP contribution in [-0.4, -0.2) is 23.1 Å². The molecule has 5 nitrogen and oxygen atoms in total. The van der Waals surface area contributed by atoms with Crippen LogP contribution in [0.25, 0.3) is 11.1 Å². The van der Waals surface area contributed by atoms with Crippen molar-refractivity contribution >= 4 is 11.6 Å². The van der Waals surface area contributed by atoms with Gasteiger partial charge in [0.05, 0.1) is 5.71 Å². The lowest BCUT2D eigenvalue weighted by Gasteiger charge is -2.09. The fourth-order valence-electron chi connectivity index (χ4n) is 2.55. The molecule has 1 aromatic carbocycles. The van der Waals surface area contributed by atoms with Gasteiger partial charge in [0.25, 0.3) is 5.91 Å². The second kappa shape index (κ2) is 6.07. The number of benzene rings is 1. The first-order valence-electron chi connectivity index (χ1n) is 7.34. The third-order valence-electron chi connectivity index (χ3n) is 3.83. The molecule has 0 saturated heterocycles. The van der Waals surface area contributed by atoms with E-state index in [2.05, 4.69) is 28.5 Å². The largest absolute Gasteiger partial charge is 0.325 e. The Hall–Kier alpha value is -2.53. The Morgan fingerprint density at radius 1 is 1.23 bits per heavy atom. The van der Waals surface area contributed by atoms with E-state index in [-0.39, 0.29) is 5.91 Å². The second-order valence-electron chi connectivity index (χ2n) is 5.31. The summed E-state index contributed by atoms with van der Waals surface area (Å²) in [5.74, 6) is -0.189. The van der Waals surface area contributed by atoms with Crippen molar-refractivity contribution in [2.45, 2.75) is 19.8 Å². The number of hydrogen-bond acceptors (Lipinski definition) is 4. The molecular formula is C17H18N4O. The lowest BCUT2D eigenvalue weighted by Crippen LogP contribution is -2.20. The highest BCUT2D eigenvalue weighted by Crippen LogP contribution is 2.24. The van der Waals surface area contributed by atoms with Gasteiger partial charge in [-0.15, -0.1) is 0 Å². The van der Waals surface area contributed by atoms with Crippen molar-refractivity contribution in [3.8, 4) is 11.1 Å². The molecule has 2 heterocycles. The molecule has 0 fully saturated rings. The number of nitrogens with two attached hydrogens (primary N) is 1. The maximum Gasteiger partial charge on any atom is 0.271 e. The summed E-state index contributed by atoms with van der Waals surface area (Å²) < 4.78 is 0. The molecule has 2 aromatic rings. The van der Waals surface area contributed by atoms with E-state index in [1.807, 2.05) is 30.6 Å². The summed E-state index contributed by atoms with van der Waals surface area (Å²) in [6.45, 7) is 2.43. The first-order chi connectivity index (χ1) is 10.7. The maximum atomic E-state index is 12.0. The summed E-state index contributed by atoms with van der Waals surface area (Å²) in [7, 11) is 0. The minimum absolute atomic E-state index is 0.189. The van der Waals surface area contributed by atoms with Gasteiger partial charge >= 0.3 is 0 Å². The van der Waals surface area contributed by atoms with Crippen LogP contribution in [0.5, 0.6) is 0 Å². The van der Waals surface area contributed by atoms with Gasteiger partial charge in [0.1, 0.15) is 0 Å². The van der Waals surface area contributed by atoms with Crippen molar-refractivity contribution in [2.24, 2.45) is 10.8 Å². The van der Waals surface area contributed by atoms with Crippen LogP contribution in [0.15, 0.2) is 41.8 Å². The van der Waals surface area contributed by atoms with Crippen LogP contribution in [0.3, 0.4) is 0 Å². The van der Waals surface area contributed by atoms with Gasteiger partial charge in [0, 0.05) is 36.5 Å². The Kier molecular flexibility index (Phi) is 3.98. The first kappa shape index (κ1) is 14.4. The molecule has 3 rings (SSSR count). The summed E-state index contributed by atoms with van der Waals surface area (Å²) in [5, 5.41) is 4.05. The summed E-state index contributed by atoms with van der Waals surface area (Å²) >= 11 is 0. The third kappa shape index (κ3) is 2.76. The van der Waals surface area contributed by atoms with Gasteiger partial charge in [-0.2, -0.15) is 5.10 Å². The molecule has 0 saturated carbocycles. The third-order valence-corrected chi connectivity index (χ3v) is 3.83. The standard InChI is InChI=1S/C17H18N4O/c1-2-11-5-14(10-19-9-11)12-3-4-16-13(6-12)7-15(8-18)20-21-17(16)22/h3-6,9-10H,2,7-8,18H2,1H3,(H,21,22). The quantitative estimate of drug-likeness (QED) is 0.907. The molecule has 22 heavy (non-hydrogen) atoms. The van der Waals surface area contributed by atoms with Crippen LogP contribution in [0.2, 0.25) is 0 Å². The Balaban J connectivity index is 2.04. The topological polar surface area (TPSA) is 80.4 Å². The van der Waals surface area contributed by atoms with Crippen molar-refractivity contribution in [1.29, 1.82) is 0 Å². The monoisotopic (exact) mass is 294 g/mol. The molecule has 0 radical (unpaired) electrons. The number of pyridine rings is 1. The Labute approximate surface area is 129 Å². The predicted molar refractivity (Wildman–Crippen MR) is 86.7 cm³/mol. The SMILES string of the molecule is CCc1cncc(-c2ccc3c(c2)CC(CN)=NNC3=O)c1. The summed E-state index contributed by atoms with van der Waals surface area (Å²) in [5.41, 5.74) is 13.9. The first-order valence-corrected chi connectivity index (χ1v) is 7.34. The average Bonchev–Trinajstić information content (AvgIpc) is 2.73. The fraction of sp³-hybridized carbons (Fsp3) is 0.235. The van der Waals surface area contributed by atoms with Gasteiger partial charge in [0.15, 0.2) is 0 Å². The van der Waals surface area contributed by atoms with Crippen LogP contribution in [-0.2, 0) is 12.8 Å². The van der Waals surface area contributed by atoms with Crippen LogP contribution >= 0.6 is 0 Å². The number of nitrogens with one attached hydrogen (secondary N) is 1. The number of carbonyl (C=O) groups excluding carboxylic acids is 1. The smallest absolute Gasteiger partial charge is 0.271 e. The zero-order valence-corrected chi connectivity index (χ0v) is 12.5. The number of aryl methyl sites for hydroxylation is 1. The van der Waals surface area contributed by atoms with Crippen molar-refractivity contribution in [2.75, 3.05) is 6.54 Å². The highest BCUT2D eigenvalue weighted by atomic mass is 16.2. The number of hydrazone groups is 1. The van der Waals surface area contributed by atoms with E-state index >= 15 is 0 Å². The predicted octanol–water partition coefficient (Wildman–Crippen LogP) is 1.91. The van der Waals surface area contributed by atoms with Gasteiger partial charge in [-0.05, 0) is 41.3 Å². The average molecular weight is 294 g/mol. The molecule has 0 bridgehead atoms. The van der Waals surface area contributed by atoms with Crippen LogP contribution in [0.1, 0.15) is 28.4 Å². The number of fused-ring (bicyclic) bond motifs is 1. The number of carbonyl (C=O) groups is 1. The molecule has 1 aliphatic rings. The molecule has 0 unspecified atom stereocenters. The van der Waals surface area contributed by atoms with Gasteiger partial charge in [-0.25, -0.2) is 5.43 Å². The lowest BCUT2D eigenvalue weighted by molar-refractivity contribution is 0.0955. The van der Waals surface area contributed by atoms with Crippen LogP contribution < -0.4 is 11.2 Å². The zero-order valence-electron chi connectivity index (χ0n) is 12.5. The molecule has 0 spiro atoms. The maximum absolute atomic E-state index is 12.0. The molecule has 3 N–H and O–H groups in total. The molecule has 112 valence electrons. The van der Waals surface area contributed by atoms with Crippen molar-refractivity contribution in [3.63, 3.8) is 0 Å². The molecule has 1 aliphatic heterocycles. The molecule has 0 aliphatic carbocycles. The van der Waals surface area contributed by atoms with Crippen LogP contribution in [0, 0.1) is 0 Å². The number of aromatic nitrogens is 1. The van der Waals surface area contributed by atoms with E-state index in [4.69, 9.17) is 5.73 Å². The Bertz CT molecular complexity index is 752. The molecule has 1 amide bonds. The van der Waals surface area contributed by atoms with Gasteiger partial charge < -0.3 is 5.73 Å². The number of rotatable bonds is 3. The lowest BCUT2D eigenvalue weighted by atomic mass is 9.96. The van der Waals surface area contributed by atoms with Crippen molar-refractivity contribution in [1.82, 2.24) is 10.4 Å². The van der Waals surface area contributed by atoms with E-state index in [0.29, 0.717) is 18.5 Å². The van der Waals surface area contributed by atoms with E-state index in [1.54, 1.807) is 0 Å². The molecule has 5 heteroatoms. The molecule has 0 atom stereocenters. The van der Waals surface area contributed by atoms with E-state index < -0.39 is 0 Å². The van der Waals surface area contributed by atoms with Crippen LogP contribution in [0.4, 0.5) is 0 Å². The summed E-state index contributed by atoms with van der Waals surface area (Å²) in [4.78, 5) is 16.3. The van der Waals surface area contributed by atoms with E-state index in [0.717, 1.165) is 28.8 Å². The highest BCUT2D eigenvalue weighted by molar-refractivity contribution is 6.01. The number of nitrogens with zero attached hydrogens (tertiary/aromatic N) is 2. The molecule has 1 aromatic heterocycles. The summed E-state index contributed by atoms with van der Waals surface area (Å²) in [6, 6.07) is 7.95. The minimum Gasteiger partial charge on any atom is -0.325 e. The Morgan fingerprint density at radius 2 is 2.09 bits per heavy atom. The van der Waals surface area contributed by atoms with E-state index in [9.17, 15) is 4.79 Å². The molecular weight excluding hydrogens is 276 g/mol. The van der Waals surface area contributed by atoms with Gasteiger partial charge in [-0.3, -0.25) is 9.78 Å². The van der Waals surface area contributed by atoms with Gasteiger partial charge in [-0.1, -0.05) is 13.0 Å². The highest BCUT2D eigenvalue weighted by Gasteiger charge is 2.17. The van der Waals surface area contributed by atoms with Crippen molar-refractivity contribution < 1.29 is 4.79 Å². The summed E-state index contributed by atoms with van der Waals surface area (Å²) in [6.07, 6.45) is 5.24. The van der Waals surface area contributed by atoms with Gasteiger partial charge in [0.2, 0.25) is 0 Å². The number of amides is 1. The van der Waals surface area contributed by atoms with E-state index in [1.165, 1.54) is 5.56 Å². The minimum atomic E-state index is -0.189. The van der Waals surface area contributed by atoms with Crippen molar-refractivity contribution in [3.05, 3.63) is 53.3 Å². The second-order valence-corrected chi connectivity index (χ2v) is 5.31. The zero-order chi connectivity index (χ0) is 15.5. The Morgan fingerprint density at radius 3 is 2.86 bits per heavy atom. The fourth-order valence-corrected chi connectivity index (χ4v) is 2.55. The number of hydrogen-bond donors (Lipinski definition) is 2.